The van der Waals surface area contributed by atoms with E-state index in [-0.39, 0.29) is 12.8 Å². The van der Waals surface area contributed by atoms with E-state index in [9.17, 15) is 0 Å². The van der Waals surface area contributed by atoms with Gasteiger partial charge in [-0.15, -0.1) is 0 Å². The number of nitrogens with two attached hydrogens (primary N) is 1. The molecular weight excluding hydrogens is 122 g/mol. The zero-order valence-corrected chi connectivity index (χ0v) is 6.97. The van der Waals surface area contributed by atoms with E-state index in [0.29, 0.717) is 6.54 Å². The van der Waals surface area contributed by atoms with E-state index in [2.05, 4.69) is 6.92 Å². The van der Waals surface area contributed by atoms with Crippen LogP contribution in [-0.2, 0) is 0 Å². The second kappa shape index (κ2) is 8.96. The maximum Gasteiger partial charge on any atom is 0.0279 e. The number of rotatable bonds is 7. The molecule has 62 valence electrons. The summed E-state index contributed by atoms with van der Waals surface area (Å²) in [5.41, 5.74) is 5.30. The molecule has 0 aromatic carbocycles. The molecule has 1 nitrogen and oxygen atoms in total. The molecule has 0 fully saturated rings. The van der Waals surface area contributed by atoms with Crippen LogP contribution < -0.4 is 5.73 Å². The molecule has 0 amide bonds. The fourth-order valence-electron chi connectivity index (χ4n) is 0.903. The molecule has 0 aliphatic heterocycles. The van der Waals surface area contributed by atoms with E-state index < -0.39 is 0 Å². The van der Waals surface area contributed by atoms with E-state index in [1.807, 2.05) is 0 Å². The molecule has 0 aromatic heterocycles. The van der Waals surface area contributed by atoms with E-state index in [4.69, 9.17) is 8.48 Å². The quantitative estimate of drug-likeness (QED) is 0.548. The molecule has 0 aromatic rings. The predicted molar refractivity (Wildman–Crippen MR) is 47.0 cm³/mol. The van der Waals surface area contributed by atoms with Gasteiger partial charge in [-0.05, 0) is 12.9 Å². The Kier molecular flexibility index (Phi) is 5.96. The van der Waals surface area contributed by atoms with Crippen LogP contribution >= 0.6 is 0 Å². The van der Waals surface area contributed by atoms with Crippen LogP contribution in [-0.4, -0.2) is 6.54 Å². The lowest BCUT2D eigenvalue weighted by atomic mass is 10.1. The van der Waals surface area contributed by atoms with Crippen LogP contribution in [0.2, 0.25) is 0 Å². The largest absolute Gasteiger partial charge is 0.330 e. The summed E-state index contributed by atoms with van der Waals surface area (Å²) in [6, 6.07) is 0. The van der Waals surface area contributed by atoms with Gasteiger partial charge in [0.25, 0.3) is 0 Å². The molecule has 0 bridgehead atoms. The smallest absolute Gasteiger partial charge is 0.0279 e. The van der Waals surface area contributed by atoms with Crippen molar-refractivity contribution in [3.05, 3.63) is 0 Å². The Bertz CT molecular complexity index is 98.5. The minimum atomic E-state index is -0.383. The molecule has 2 N–H and O–H groups in total. The molecule has 0 spiro atoms. The van der Waals surface area contributed by atoms with Crippen LogP contribution in [0.25, 0.3) is 0 Å². The van der Waals surface area contributed by atoms with Crippen molar-refractivity contribution in [2.24, 2.45) is 5.73 Å². The fourth-order valence-corrected chi connectivity index (χ4v) is 0.903. The fraction of sp³-hybridized carbons (Fsp3) is 1.00. The Hall–Kier alpha value is -0.0400. The lowest BCUT2D eigenvalue weighted by Crippen LogP contribution is -1.97. The molecule has 0 aliphatic carbocycles. The maximum atomic E-state index is 7.55. The Morgan fingerprint density at radius 3 is 2.40 bits per heavy atom. The van der Waals surface area contributed by atoms with Crippen molar-refractivity contribution in [3.63, 3.8) is 0 Å². The average Bonchev–Trinajstić information content (AvgIpc) is 2.10. The van der Waals surface area contributed by atoms with Gasteiger partial charge in [0.2, 0.25) is 0 Å². The summed E-state index contributed by atoms with van der Waals surface area (Å²) in [5, 5.41) is 0. The van der Waals surface area contributed by atoms with Gasteiger partial charge in [-0.2, -0.15) is 0 Å². The summed E-state index contributed by atoms with van der Waals surface area (Å²) in [7, 11) is 0. The van der Waals surface area contributed by atoms with Gasteiger partial charge in [0.15, 0.2) is 0 Å². The van der Waals surface area contributed by atoms with Gasteiger partial charge >= 0.3 is 0 Å². The first-order valence-corrected chi connectivity index (χ1v) is 4.27. The lowest BCUT2D eigenvalue weighted by Gasteiger charge is -1.97. The molecule has 10 heavy (non-hydrogen) atoms. The monoisotopic (exact) mass is 145 g/mol. The van der Waals surface area contributed by atoms with Gasteiger partial charge in [-0.1, -0.05) is 45.4 Å². The highest BCUT2D eigenvalue weighted by atomic mass is 14.5. The predicted octanol–water partition coefficient (Wildman–Crippen LogP) is 2.70. The van der Waals surface area contributed by atoms with E-state index in [0.717, 1.165) is 12.8 Å². The second-order valence-corrected chi connectivity index (χ2v) is 2.56. The first-order valence-electron chi connectivity index (χ1n) is 5.42. The van der Waals surface area contributed by atoms with Crippen LogP contribution in [0.3, 0.4) is 0 Å². The average molecular weight is 145 g/mol. The Balaban J connectivity index is 3.24. The topological polar surface area (TPSA) is 26.0 Å². The first-order chi connectivity index (χ1) is 5.72. The zero-order chi connectivity index (χ0) is 9.40. The van der Waals surface area contributed by atoms with Gasteiger partial charge in [0.05, 0.1) is 0 Å². The molecule has 0 saturated heterocycles. The van der Waals surface area contributed by atoms with E-state index in [1.165, 1.54) is 19.3 Å². The normalized spacial score (nSPS) is 19.4. The van der Waals surface area contributed by atoms with Crippen molar-refractivity contribution in [3.8, 4) is 0 Å². The van der Waals surface area contributed by atoms with Gasteiger partial charge in [-0.25, -0.2) is 0 Å². The lowest BCUT2D eigenvalue weighted by molar-refractivity contribution is 0.593. The molecule has 0 radical (unpaired) electrons. The Morgan fingerprint density at radius 2 is 1.80 bits per heavy atom. The third-order valence-electron chi connectivity index (χ3n) is 1.53. The van der Waals surface area contributed by atoms with Crippen molar-refractivity contribution in [2.45, 2.75) is 51.8 Å². The van der Waals surface area contributed by atoms with E-state index in [1.54, 1.807) is 0 Å². The Labute approximate surface area is 67.8 Å². The summed E-state index contributed by atoms with van der Waals surface area (Å²) in [4.78, 5) is 0. The minimum absolute atomic E-state index is 0.271. The van der Waals surface area contributed by atoms with Gasteiger partial charge in [-0.3, -0.25) is 0 Å². The molecule has 0 saturated carbocycles. The molecule has 1 heteroatoms. The summed E-state index contributed by atoms with van der Waals surface area (Å²) in [6.07, 6.45) is 4.94. The van der Waals surface area contributed by atoms with Crippen LogP contribution in [0.1, 0.15) is 54.6 Å². The van der Waals surface area contributed by atoms with Crippen molar-refractivity contribution >= 4 is 0 Å². The highest BCUT2D eigenvalue weighted by molar-refractivity contribution is 4.44. The number of hydrogen-bond acceptors (Lipinski definition) is 1. The molecule has 2 unspecified atom stereocenters. The molecule has 0 rings (SSSR count). The first kappa shape index (κ1) is 6.66. The maximum absolute atomic E-state index is 7.55. The van der Waals surface area contributed by atoms with Gasteiger partial charge < -0.3 is 5.73 Å². The van der Waals surface area contributed by atoms with Gasteiger partial charge in [0.1, 0.15) is 0 Å². The third-order valence-corrected chi connectivity index (χ3v) is 1.53. The van der Waals surface area contributed by atoms with Crippen LogP contribution in [0.5, 0.6) is 0 Å². The van der Waals surface area contributed by atoms with Crippen molar-refractivity contribution < 1.29 is 2.74 Å². The second-order valence-electron chi connectivity index (χ2n) is 2.56. The number of hydrogen-bond donors (Lipinski definition) is 1. The highest BCUT2D eigenvalue weighted by Gasteiger charge is 1.87. The summed E-state index contributed by atoms with van der Waals surface area (Å²) < 4.78 is 14.9. The highest BCUT2D eigenvalue weighted by Crippen LogP contribution is 2.05. The zero-order valence-electron chi connectivity index (χ0n) is 8.97. The van der Waals surface area contributed by atoms with Crippen molar-refractivity contribution in [2.75, 3.05) is 6.54 Å². The standard InChI is InChI=1S/C9H21N/c1-2-3-4-5-6-7-8-9-10/h2-10H2,1H3/i7D,8D. The third kappa shape index (κ3) is 7.96. The molecule has 2 atom stereocenters. The summed E-state index contributed by atoms with van der Waals surface area (Å²) >= 11 is 0. The van der Waals surface area contributed by atoms with E-state index >= 15 is 0 Å². The van der Waals surface area contributed by atoms with Gasteiger partial charge in [0, 0.05) is 2.74 Å². The SMILES string of the molecule is [2H]C(CN)C([2H])CCCCCC. The van der Waals surface area contributed by atoms with Crippen LogP contribution in [0.4, 0.5) is 0 Å². The minimum Gasteiger partial charge on any atom is -0.330 e. The summed E-state index contributed by atoms with van der Waals surface area (Å²) in [5.74, 6) is 0. The van der Waals surface area contributed by atoms with Crippen LogP contribution in [0.15, 0.2) is 0 Å². The number of unbranched alkanes of at least 4 members (excludes halogenated alkanes) is 3. The molecule has 0 heterocycles. The van der Waals surface area contributed by atoms with Crippen molar-refractivity contribution in [1.29, 1.82) is 0 Å². The molecular formula is C9H21N. The van der Waals surface area contributed by atoms with Crippen molar-refractivity contribution in [1.82, 2.24) is 0 Å². The summed E-state index contributed by atoms with van der Waals surface area (Å²) in [6.45, 7) is 2.49. The molecule has 0 aliphatic rings. The Morgan fingerprint density at radius 1 is 1.10 bits per heavy atom. The van der Waals surface area contributed by atoms with Crippen LogP contribution in [0, 0.1) is 0 Å².